The summed E-state index contributed by atoms with van der Waals surface area (Å²) in [5.74, 6) is -0.0415. The average molecular weight is 251 g/mol. The van der Waals surface area contributed by atoms with Crippen LogP contribution >= 0.6 is 11.8 Å². The molecule has 2 rings (SSSR count). The molecule has 5 nitrogen and oxygen atoms in total. The molecule has 0 spiro atoms. The molecular weight excluding hydrogens is 242 g/mol. The summed E-state index contributed by atoms with van der Waals surface area (Å²) >= 11 is 0.791. The van der Waals surface area contributed by atoms with E-state index < -0.39 is 11.1 Å². The number of phenolic OH excluding ortho intramolecular Hbond substituents is 1. The van der Waals surface area contributed by atoms with Crippen molar-refractivity contribution in [3.05, 3.63) is 28.7 Å². The lowest BCUT2D eigenvalue weighted by Gasteiger charge is -2.06. The number of methoxy groups -OCH3 is 1. The van der Waals surface area contributed by atoms with Crippen LogP contribution in [0.4, 0.5) is 4.79 Å². The third-order valence-corrected chi connectivity index (χ3v) is 2.99. The normalized spacial score (nSPS) is 17.4. The van der Waals surface area contributed by atoms with Gasteiger partial charge in [-0.2, -0.15) is 0 Å². The number of aromatic hydroxyl groups is 1. The van der Waals surface area contributed by atoms with Gasteiger partial charge in [0.2, 0.25) is 0 Å². The molecule has 1 aliphatic heterocycles. The molecule has 0 aromatic heterocycles. The van der Waals surface area contributed by atoms with Gasteiger partial charge in [0.25, 0.3) is 11.1 Å². The zero-order chi connectivity index (χ0) is 12.4. The maximum atomic E-state index is 11.4. The fourth-order valence-corrected chi connectivity index (χ4v) is 2.07. The number of ether oxygens (including phenoxy) is 1. The third kappa shape index (κ3) is 2.26. The molecule has 1 aliphatic rings. The van der Waals surface area contributed by atoms with Gasteiger partial charge < -0.3 is 9.84 Å². The van der Waals surface area contributed by atoms with Crippen LogP contribution in [0.25, 0.3) is 6.08 Å². The van der Waals surface area contributed by atoms with Crippen molar-refractivity contribution in [3.63, 3.8) is 0 Å². The largest absolute Gasteiger partial charge is 0.507 e. The standard InChI is InChI=1S/C11H9NO4S/c1-16-8-4-2-3-7(13)6(8)5-9-10(14)12-11(15)17-9/h2-5,13H,1H3,(H,12,14,15). The van der Waals surface area contributed by atoms with Crippen molar-refractivity contribution in [2.75, 3.05) is 7.11 Å². The van der Waals surface area contributed by atoms with Gasteiger partial charge in [-0.05, 0) is 30.0 Å². The van der Waals surface area contributed by atoms with Crippen LogP contribution in [0.15, 0.2) is 23.1 Å². The Balaban J connectivity index is 2.45. The van der Waals surface area contributed by atoms with Crippen molar-refractivity contribution < 1.29 is 19.4 Å². The molecule has 1 aromatic carbocycles. The van der Waals surface area contributed by atoms with Crippen LogP contribution in [0.1, 0.15) is 5.56 Å². The highest BCUT2D eigenvalue weighted by Gasteiger charge is 2.25. The van der Waals surface area contributed by atoms with E-state index in [4.69, 9.17) is 4.74 Å². The Morgan fingerprint density at radius 1 is 1.41 bits per heavy atom. The first kappa shape index (κ1) is 11.5. The van der Waals surface area contributed by atoms with Gasteiger partial charge >= 0.3 is 0 Å². The second-order valence-electron chi connectivity index (χ2n) is 3.25. The zero-order valence-electron chi connectivity index (χ0n) is 8.89. The number of imide groups is 1. The van der Waals surface area contributed by atoms with Crippen LogP contribution < -0.4 is 10.1 Å². The summed E-state index contributed by atoms with van der Waals surface area (Å²) in [6.45, 7) is 0. The van der Waals surface area contributed by atoms with E-state index in [9.17, 15) is 14.7 Å². The smallest absolute Gasteiger partial charge is 0.290 e. The second kappa shape index (κ2) is 4.50. The van der Waals surface area contributed by atoms with Gasteiger partial charge in [-0.15, -0.1) is 0 Å². The molecule has 0 radical (unpaired) electrons. The first-order valence-electron chi connectivity index (χ1n) is 4.72. The van der Waals surface area contributed by atoms with Crippen molar-refractivity contribution in [1.82, 2.24) is 5.32 Å². The molecule has 1 heterocycles. The molecule has 6 heteroatoms. The lowest BCUT2D eigenvalue weighted by molar-refractivity contribution is -0.115. The van der Waals surface area contributed by atoms with Gasteiger partial charge in [0.15, 0.2) is 0 Å². The topological polar surface area (TPSA) is 75.6 Å². The van der Waals surface area contributed by atoms with E-state index in [1.54, 1.807) is 12.1 Å². The monoisotopic (exact) mass is 251 g/mol. The number of benzene rings is 1. The summed E-state index contributed by atoms with van der Waals surface area (Å²) < 4.78 is 5.07. The number of thioether (sulfide) groups is 1. The van der Waals surface area contributed by atoms with Gasteiger partial charge in [0.1, 0.15) is 11.5 Å². The van der Waals surface area contributed by atoms with Gasteiger partial charge in [0, 0.05) is 0 Å². The van der Waals surface area contributed by atoms with Crippen LogP contribution in [0, 0.1) is 0 Å². The summed E-state index contributed by atoms with van der Waals surface area (Å²) in [7, 11) is 1.46. The third-order valence-electron chi connectivity index (χ3n) is 2.18. The molecule has 2 N–H and O–H groups in total. The fraction of sp³-hybridized carbons (Fsp3) is 0.0909. The van der Waals surface area contributed by atoms with Crippen molar-refractivity contribution in [1.29, 1.82) is 0 Å². The molecule has 0 bridgehead atoms. The molecule has 1 aromatic rings. The molecule has 88 valence electrons. The number of phenols is 1. The van der Waals surface area contributed by atoms with Crippen molar-refractivity contribution in [3.8, 4) is 11.5 Å². The van der Waals surface area contributed by atoms with Crippen molar-refractivity contribution >= 4 is 29.0 Å². The number of carbonyl (C=O) groups is 2. The van der Waals surface area contributed by atoms with Crippen LogP contribution in [-0.2, 0) is 4.79 Å². The molecule has 0 aliphatic carbocycles. The molecule has 17 heavy (non-hydrogen) atoms. The Bertz CT molecular complexity index is 524. The van der Waals surface area contributed by atoms with Crippen molar-refractivity contribution in [2.45, 2.75) is 0 Å². The number of nitrogens with one attached hydrogen (secondary N) is 1. The first-order chi connectivity index (χ1) is 8.11. The number of amides is 2. The Morgan fingerprint density at radius 3 is 2.76 bits per heavy atom. The number of carbonyl (C=O) groups excluding carboxylic acids is 2. The quantitative estimate of drug-likeness (QED) is 0.783. The Labute approximate surface area is 101 Å². The van der Waals surface area contributed by atoms with Crippen LogP contribution in [-0.4, -0.2) is 23.4 Å². The molecule has 0 unspecified atom stereocenters. The summed E-state index contributed by atoms with van der Waals surface area (Å²) in [6, 6.07) is 4.77. The molecule has 1 fully saturated rings. The average Bonchev–Trinajstić information content (AvgIpc) is 2.60. The van der Waals surface area contributed by atoms with E-state index >= 15 is 0 Å². The van der Waals surface area contributed by atoms with E-state index in [0.29, 0.717) is 11.3 Å². The predicted molar refractivity (Wildman–Crippen MR) is 63.8 cm³/mol. The molecule has 1 saturated heterocycles. The first-order valence-corrected chi connectivity index (χ1v) is 5.54. The molecular formula is C11H9NO4S. The maximum Gasteiger partial charge on any atom is 0.290 e. The van der Waals surface area contributed by atoms with E-state index in [0.717, 1.165) is 11.8 Å². The van der Waals surface area contributed by atoms with Gasteiger partial charge in [-0.1, -0.05) is 6.07 Å². The molecule has 2 amide bonds. The van der Waals surface area contributed by atoms with E-state index in [2.05, 4.69) is 5.32 Å². The van der Waals surface area contributed by atoms with E-state index in [1.807, 2.05) is 0 Å². The summed E-state index contributed by atoms with van der Waals surface area (Å²) in [6.07, 6.45) is 1.43. The maximum absolute atomic E-state index is 11.4. The van der Waals surface area contributed by atoms with Gasteiger partial charge in [-0.3, -0.25) is 14.9 Å². The zero-order valence-corrected chi connectivity index (χ0v) is 9.71. The molecule has 0 atom stereocenters. The SMILES string of the molecule is COc1cccc(O)c1C=C1SC(=O)NC1=O. The van der Waals surface area contributed by atoms with Crippen LogP contribution in [0.5, 0.6) is 11.5 Å². The number of hydrogen-bond acceptors (Lipinski definition) is 5. The van der Waals surface area contributed by atoms with Crippen LogP contribution in [0.3, 0.4) is 0 Å². The second-order valence-corrected chi connectivity index (χ2v) is 4.26. The Hall–Kier alpha value is -1.95. The number of rotatable bonds is 2. The fourth-order valence-electron chi connectivity index (χ4n) is 1.41. The van der Waals surface area contributed by atoms with Gasteiger partial charge in [0.05, 0.1) is 17.6 Å². The lowest BCUT2D eigenvalue weighted by Crippen LogP contribution is -2.17. The molecule has 0 saturated carbocycles. The van der Waals surface area contributed by atoms with Crippen molar-refractivity contribution in [2.24, 2.45) is 0 Å². The highest BCUT2D eigenvalue weighted by Crippen LogP contribution is 2.33. The number of hydrogen-bond donors (Lipinski definition) is 2. The lowest BCUT2D eigenvalue weighted by atomic mass is 10.1. The highest BCUT2D eigenvalue weighted by atomic mass is 32.2. The highest BCUT2D eigenvalue weighted by molar-refractivity contribution is 8.18. The minimum Gasteiger partial charge on any atom is -0.507 e. The van der Waals surface area contributed by atoms with Gasteiger partial charge in [-0.25, -0.2) is 0 Å². The minimum atomic E-state index is -0.467. The van der Waals surface area contributed by atoms with E-state index in [1.165, 1.54) is 19.3 Å². The van der Waals surface area contributed by atoms with E-state index in [-0.39, 0.29) is 10.7 Å². The predicted octanol–water partition coefficient (Wildman–Crippen LogP) is 1.72. The summed E-state index contributed by atoms with van der Waals surface area (Å²) in [5, 5.41) is 11.4. The Morgan fingerprint density at radius 2 is 2.18 bits per heavy atom. The summed E-state index contributed by atoms with van der Waals surface area (Å²) in [4.78, 5) is 22.6. The van der Waals surface area contributed by atoms with Crippen LogP contribution in [0.2, 0.25) is 0 Å². The minimum absolute atomic E-state index is 0.00963. The summed E-state index contributed by atoms with van der Waals surface area (Å²) in [5.41, 5.74) is 0.377. The Kier molecular flexibility index (Phi) is 3.06.